The fraction of sp³-hybridized carbons (Fsp3) is 0.150. The van der Waals surface area contributed by atoms with E-state index in [9.17, 15) is 9.18 Å². The van der Waals surface area contributed by atoms with E-state index in [-0.39, 0.29) is 11.4 Å². The Balaban J connectivity index is 1.78. The summed E-state index contributed by atoms with van der Waals surface area (Å²) in [4.78, 5) is 20.9. The third-order valence-electron chi connectivity index (χ3n) is 4.58. The number of H-pyrrole nitrogens is 1. The number of fused-ring (bicyclic) bond motifs is 1. The molecule has 3 aromatic heterocycles. The highest BCUT2D eigenvalue weighted by Gasteiger charge is 2.16. The van der Waals surface area contributed by atoms with Crippen LogP contribution in [0.4, 0.5) is 4.39 Å². The molecule has 26 heavy (non-hydrogen) atoms. The van der Waals surface area contributed by atoms with Gasteiger partial charge in [0.15, 0.2) is 17.7 Å². The van der Waals surface area contributed by atoms with Crippen molar-refractivity contribution in [1.29, 1.82) is 0 Å². The maximum Gasteiger partial charge on any atom is 0.260 e. The Labute approximate surface area is 153 Å². The van der Waals surface area contributed by atoms with E-state index in [1.807, 2.05) is 24.6 Å². The summed E-state index contributed by atoms with van der Waals surface area (Å²) in [6, 6.07) is 10.2. The Kier molecular flexibility index (Phi) is 4.12. The van der Waals surface area contributed by atoms with Crippen LogP contribution in [0.15, 0.2) is 52.8 Å². The largest absolute Gasteiger partial charge is 0.305 e. The van der Waals surface area contributed by atoms with Gasteiger partial charge in [-0.15, -0.1) is 11.3 Å². The molecule has 0 aliphatic carbocycles. The summed E-state index contributed by atoms with van der Waals surface area (Å²) in [5.74, 6) is 0.321. The molecule has 6 heteroatoms. The number of rotatable bonds is 3. The Morgan fingerprint density at radius 1 is 1.19 bits per heavy atom. The molecule has 0 bridgehead atoms. The van der Waals surface area contributed by atoms with Gasteiger partial charge in [0, 0.05) is 29.5 Å². The first-order chi connectivity index (χ1) is 12.5. The van der Waals surface area contributed by atoms with Crippen LogP contribution in [0.5, 0.6) is 0 Å². The molecule has 1 N–H and O–H groups in total. The van der Waals surface area contributed by atoms with Gasteiger partial charge in [0.1, 0.15) is 10.6 Å². The molecule has 0 radical (unpaired) electrons. The first kappa shape index (κ1) is 16.6. The zero-order chi connectivity index (χ0) is 18.3. The van der Waals surface area contributed by atoms with Crippen molar-refractivity contribution in [2.24, 2.45) is 0 Å². The second-order valence-corrected chi connectivity index (χ2v) is 7.11. The Morgan fingerprint density at radius 2 is 1.96 bits per heavy atom. The predicted molar refractivity (Wildman–Crippen MR) is 101 cm³/mol. The molecule has 0 aliphatic heterocycles. The first-order valence-corrected chi connectivity index (χ1v) is 9.13. The number of hydrogen-bond donors (Lipinski definition) is 1. The number of nitrogens with zero attached hydrogens (tertiary/aromatic N) is 2. The summed E-state index contributed by atoms with van der Waals surface area (Å²) in [6.07, 6.45) is 1.98. The van der Waals surface area contributed by atoms with Crippen LogP contribution in [0.3, 0.4) is 0 Å². The lowest BCUT2D eigenvalue weighted by molar-refractivity contribution is -0.695. The molecule has 130 valence electrons. The first-order valence-electron chi connectivity index (χ1n) is 8.25. The standard InChI is InChI=1S/C20H16FN3OS/c1-12-4-3-9-24(13(12)2)10-17-22-19(25)18-16(11-26-20(18)23-17)14-5-7-15(21)8-6-14/h3-9,11H,10H2,1-2H3/p+1. The van der Waals surface area contributed by atoms with E-state index in [2.05, 4.69) is 27.5 Å². The van der Waals surface area contributed by atoms with Crippen LogP contribution in [-0.4, -0.2) is 9.97 Å². The van der Waals surface area contributed by atoms with Gasteiger partial charge < -0.3 is 4.98 Å². The topological polar surface area (TPSA) is 49.6 Å². The highest BCUT2D eigenvalue weighted by Crippen LogP contribution is 2.30. The van der Waals surface area contributed by atoms with Gasteiger partial charge in [0.25, 0.3) is 5.56 Å². The van der Waals surface area contributed by atoms with Crippen molar-refractivity contribution >= 4 is 21.6 Å². The summed E-state index contributed by atoms with van der Waals surface area (Å²) in [5.41, 5.74) is 3.74. The summed E-state index contributed by atoms with van der Waals surface area (Å²) >= 11 is 1.43. The second kappa shape index (κ2) is 6.46. The minimum Gasteiger partial charge on any atom is -0.305 e. The number of thiophene rings is 1. The number of halogens is 1. The van der Waals surface area contributed by atoms with E-state index in [0.717, 1.165) is 16.8 Å². The van der Waals surface area contributed by atoms with Crippen molar-refractivity contribution in [1.82, 2.24) is 9.97 Å². The van der Waals surface area contributed by atoms with Crippen molar-refractivity contribution in [3.63, 3.8) is 0 Å². The van der Waals surface area contributed by atoms with Crippen LogP contribution in [0.25, 0.3) is 21.3 Å². The van der Waals surface area contributed by atoms with Gasteiger partial charge in [-0.2, -0.15) is 4.57 Å². The van der Waals surface area contributed by atoms with Gasteiger partial charge in [-0.05, 0) is 30.7 Å². The number of hydrogen-bond acceptors (Lipinski definition) is 3. The molecule has 0 saturated carbocycles. The maximum atomic E-state index is 13.2. The number of aromatic amines is 1. The van der Waals surface area contributed by atoms with Crippen LogP contribution < -0.4 is 10.1 Å². The van der Waals surface area contributed by atoms with E-state index in [4.69, 9.17) is 0 Å². The summed E-state index contributed by atoms with van der Waals surface area (Å²) < 4.78 is 15.2. The Hall–Kier alpha value is -2.86. The monoisotopic (exact) mass is 366 g/mol. The average Bonchev–Trinajstić information content (AvgIpc) is 3.04. The van der Waals surface area contributed by atoms with Crippen LogP contribution in [-0.2, 0) is 6.54 Å². The fourth-order valence-corrected chi connectivity index (χ4v) is 3.96. The van der Waals surface area contributed by atoms with E-state index < -0.39 is 0 Å². The number of aryl methyl sites for hydroxylation is 1. The lowest BCUT2D eigenvalue weighted by Crippen LogP contribution is -2.39. The predicted octanol–water partition coefficient (Wildman–Crippen LogP) is 3.74. The minimum atomic E-state index is -0.298. The molecule has 4 nitrogen and oxygen atoms in total. The van der Waals surface area contributed by atoms with Gasteiger partial charge >= 0.3 is 0 Å². The zero-order valence-corrected chi connectivity index (χ0v) is 15.2. The van der Waals surface area contributed by atoms with Crippen molar-refractivity contribution in [2.75, 3.05) is 0 Å². The molecule has 4 rings (SSSR count). The van der Waals surface area contributed by atoms with Gasteiger partial charge in [0.05, 0.1) is 5.39 Å². The molecular weight excluding hydrogens is 349 g/mol. The molecule has 0 saturated heterocycles. The quantitative estimate of drug-likeness (QED) is 0.562. The fourth-order valence-electron chi connectivity index (χ4n) is 2.99. The molecule has 0 fully saturated rings. The number of aromatic nitrogens is 3. The van der Waals surface area contributed by atoms with Gasteiger partial charge in [-0.1, -0.05) is 12.1 Å². The SMILES string of the molecule is Cc1ccc[n+](Cc2nc3scc(-c4ccc(F)cc4)c3c(=O)[nH]2)c1C. The molecule has 3 heterocycles. The molecule has 0 atom stereocenters. The third-order valence-corrected chi connectivity index (χ3v) is 5.45. The molecule has 0 unspecified atom stereocenters. The minimum absolute atomic E-state index is 0.170. The molecule has 0 spiro atoms. The number of nitrogens with one attached hydrogen (secondary N) is 1. The van der Waals surface area contributed by atoms with Crippen LogP contribution in [0.2, 0.25) is 0 Å². The Bertz CT molecular complexity index is 1160. The van der Waals surface area contributed by atoms with Crippen LogP contribution in [0.1, 0.15) is 17.1 Å². The summed E-state index contributed by atoms with van der Waals surface area (Å²) in [7, 11) is 0. The van der Waals surface area contributed by atoms with E-state index in [1.165, 1.54) is 29.0 Å². The lowest BCUT2D eigenvalue weighted by atomic mass is 10.1. The second-order valence-electron chi connectivity index (χ2n) is 6.25. The molecule has 1 aromatic carbocycles. The van der Waals surface area contributed by atoms with Crippen LogP contribution in [0, 0.1) is 19.7 Å². The van der Waals surface area contributed by atoms with E-state index in [0.29, 0.717) is 22.6 Å². The molecule has 4 aromatic rings. The van der Waals surface area contributed by atoms with Gasteiger partial charge in [-0.3, -0.25) is 4.79 Å². The highest BCUT2D eigenvalue weighted by molar-refractivity contribution is 7.17. The van der Waals surface area contributed by atoms with Crippen molar-refractivity contribution in [3.8, 4) is 11.1 Å². The van der Waals surface area contributed by atoms with Crippen molar-refractivity contribution < 1.29 is 8.96 Å². The highest BCUT2D eigenvalue weighted by atomic mass is 32.1. The third kappa shape index (κ3) is 2.93. The van der Waals surface area contributed by atoms with Crippen molar-refractivity contribution in [2.45, 2.75) is 20.4 Å². The normalized spacial score (nSPS) is 11.2. The molecule has 0 aliphatic rings. The molecular formula is C20H17FN3OS+. The van der Waals surface area contributed by atoms with E-state index in [1.54, 1.807) is 12.1 Å². The van der Waals surface area contributed by atoms with Gasteiger partial charge in [-0.25, -0.2) is 9.37 Å². The Morgan fingerprint density at radius 3 is 2.73 bits per heavy atom. The molecule has 0 amide bonds. The average molecular weight is 366 g/mol. The van der Waals surface area contributed by atoms with Gasteiger partial charge in [0.2, 0.25) is 6.54 Å². The summed E-state index contributed by atoms with van der Waals surface area (Å²) in [6.45, 7) is 4.60. The number of pyridine rings is 1. The van der Waals surface area contributed by atoms with Crippen molar-refractivity contribution in [3.05, 3.63) is 81.2 Å². The zero-order valence-electron chi connectivity index (χ0n) is 14.4. The maximum absolute atomic E-state index is 13.2. The van der Waals surface area contributed by atoms with E-state index >= 15 is 0 Å². The van der Waals surface area contributed by atoms with Crippen LogP contribution >= 0.6 is 11.3 Å². The summed E-state index contributed by atoms with van der Waals surface area (Å²) in [5, 5.41) is 2.45. The lowest BCUT2D eigenvalue weighted by Gasteiger charge is -2.03. The number of benzene rings is 1. The smallest absolute Gasteiger partial charge is 0.260 e.